The Morgan fingerprint density at radius 2 is 2.24 bits per heavy atom. The molecule has 0 unspecified atom stereocenters. The summed E-state index contributed by atoms with van der Waals surface area (Å²) in [5, 5.41) is 18.9. The second kappa shape index (κ2) is 5.06. The van der Waals surface area contributed by atoms with E-state index in [9.17, 15) is 19.3 Å². The maximum absolute atomic E-state index is 13.0. The number of hydrogen-bond donors (Lipinski definition) is 2. The lowest BCUT2D eigenvalue weighted by Crippen LogP contribution is -1.99. The average molecular weight is 240 g/mol. The van der Waals surface area contributed by atoms with Crippen LogP contribution in [-0.2, 0) is 4.79 Å². The van der Waals surface area contributed by atoms with Crippen molar-refractivity contribution in [2.75, 3.05) is 5.73 Å². The SMILES string of the molecule is Nc1c(C=CCC(=O)O)cc(F)cc1[N+](=O)[O-]. The first-order valence-electron chi connectivity index (χ1n) is 4.53. The van der Waals surface area contributed by atoms with Gasteiger partial charge in [-0.05, 0) is 6.07 Å². The van der Waals surface area contributed by atoms with Gasteiger partial charge in [0.1, 0.15) is 11.5 Å². The Labute approximate surface area is 95.3 Å². The molecule has 0 radical (unpaired) electrons. The third-order valence-corrected chi connectivity index (χ3v) is 1.94. The van der Waals surface area contributed by atoms with Gasteiger partial charge >= 0.3 is 5.97 Å². The van der Waals surface area contributed by atoms with E-state index in [0.717, 1.165) is 6.07 Å². The predicted octanol–water partition coefficient (Wildman–Crippen LogP) is 1.80. The minimum absolute atomic E-state index is 0.0814. The molecule has 0 bridgehead atoms. The number of nitrogens with zero attached hydrogens (tertiary/aromatic N) is 1. The highest BCUT2D eigenvalue weighted by atomic mass is 19.1. The molecule has 6 nitrogen and oxygen atoms in total. The van der Waals surface area contributed by atoms with E-state index in [0.29, 0.717) is 6.07 Å². The zero-order chi connectivity index (χ0) is 13.0. The van der Waals surface area contributed by atoms with E-state index in [4.69, 9.17) is 10.8 Å². The number of rotatable bonds is 4. The molecule has 0 heterocycles. The highest BCUT2D eigenvalue weighted by Crippen LogP contribution is 2.27. The van der Waals surface area contributed by atoms with Crippen molar-refractivity contribution in [2.45, 2.75) is 6.42 Å². The summed E-state index contributed by atoms with van der Waals surface area (Å²) in [6.07, 6.45) is 2.19. The van der Waals surface area contributed by atoms with Crippen molar-refractivity contribution in [3.63, 3.8) is 0 Å². The van der Waals surface area contributed by atoms with Gasteiger partial charge in [0.2, 0.25) is 0 Å². The summed E-state index contributed by atoms with van der Waals surface area (Å²) in [4.78, 5) is 20.0. The number of nitro benzene ring substituents is 1. The lowest BCUT2D eigenvalue weighted by atomic mass is 10.1. The van der Waals surface area contributed by atoms with Crippen LogP contribution < -0.4 is 5.73 Å². The minimum atomic E-state index is -1.06. The Balaban J connectivity index is 3.11. The molecule has 17 heavy (non-hydrogen) atoms. The quantitative estimate of drug-likeness (QED) is 0.474. The van der Waals surface area contributed by atoms with E-state index < -0.39 is 22.4 Å². The summed E-state index contributed by atoms with van der Waals surface area (Å²) in [7, 11) is 0. The number of halogens is 1. The zero-order valence-electron chi connectivity index (χ0n) is 8.59. The number of carbonyl (C=O) groups is 1. The number of anilines is 1. The Kier molecular flexibility index (Phi) is 3.76. The molecule has 0 aliphatic carbocycles. The maximum Gasteiger partial charge on any atom is 0.307 e. The van der Waals surface area contributed by atoms with Gasteiger partial charge in [-0.15, -0.1) is 0 Å². The first-order valence-corrected chi connectivity index (χ1v) is 4.53. The van der Waals surface area contributed by atoms with E-state index >= 15 is 0 Å². The lowest BCUT2D eigenvalue weighted by Gasteiger charge is -2.02. The number of hydrogen-bond acceptors (Lipinski definition) is 4. The van der Waals surface area contributed by atoms with Crippen molar-refractivity contribution in [3.8, 4) is 0 Å². The summed E-state index contributed by atoms with van der Waals surface area (Å²) < 4.78 is 13.0. The minimum Gasteiger partial charge on any atom is -0.481 e. The van der Waals surface area contributed by atoms with Crippen molar-refractivity contribution in [3.05, 3.63) is 39.7 Å². The molecule has 0 aliphatic heterocycles. The molecule has 1 aromatic rings. The number of benzene rings is 1. The monoisotopic (exact) mass is 240 g/mol. The van der Waals surface area contributed by atoms with Gasteiger partial charge in [-0.2, -0.15) is 0 Å². The van der Waals surface area contributed by atoms with Crippen LogP contribution in [0, 0.1) is 15.9 Å². The van der Waals surface area contributed by atoms with Gasteiger partial charge < -0.3 is 10.8 Å². The van der Waals surface area contributed by atoms with E-state index in [-0.39, 0.29) is 17.7 Å². The third-order valence-electron chi connectivity index (χ3n) is 1.94. The van der Waals surface area contributed by atoms with Crippen molar-refractivity contribution in [1.29, 1.82) is 0 Å². The predicted molar refractivity (Wildman–Crippen MR) is 58.8 cm³/mol. The van der Waals surface area contributed by atoms with Crippen LogP contribution in [0.2, 0.25) is 0 Å². The Hall–Kier alpha value is -2.44. The summed E-state index contributed by atoms with van der Waals surface area (Å²) in [6.45, 7) is 0. The zero-order valence-corrected chi connectivity index (χ0v) is 8.59. The molecule has 0 amide bonds. The van der Waals surface area contributed by atoms with Gasteiger partial charge in [0.25, 0.3) is 5.69 Å². The normalized spacial score (nSPS) is 10.6. The molecule has 90 valence electrons. The van der Waals surface area contributed by atoms with Gasteiger partial charge in [0.15, 0.2) is 0 Å². The molecule has 0 saturated carbocycles. The van der Waals surface area contributed by atoms with E-state index in [1.807, 2.05) is 0 Å². The maximum atomic E-state index is 13.0. The molecular formula is C10H9FN2O4. The number of nitro groups is 1. The van der Waals surface area contributed by atoms with E-state index in [2.05, 4.69) is 0 Å². The molecule has 0 fully saturated rings. The molecule has 0 aliphatic rings. The highest BCUT2D eigenvalue weighted by molar-refractivity contribution is 5.75. The molecule has 0 spiro atoms. The largest absolute Gasteiger partial charge is 0.481 e. The molecule has 0 saturated heterocycles. The van der Waals surface area contributed by atoms with Gasteiger partial charge in [-0.25, -0.2) is 4.39 Å². The standard InChI is InChI=1S/C10H9FN2O4/c11-7-4-6(2-1-3-9(14)15)10(12)8(5-7)13(16)17/h1-2,4-5H,3,12H2,(H,14,15). The number of aliphatic carboxylic acids is 1. The van der Waals surface area contributed by atoms with Crippen LogP contribution in [0.5, 0.6) is 0 Å². The van der Waals surface area contributed by atoms with Gasteiger partial charge in [-0.3, -0.25) is 14.9 Å². The number of carboxylic acid groups (broad SMARTS) is 1. The summed E-state index contributed by atoms with van der Waals surface area (Å²) in [6, 6.07) is 1.71. The van der Waals surface area contributed by atoms with Crippen LogP contribution in [0.1, 0.15) is 12.0 Å². The number of nitrogens with two attached hydrogens (primary N) is 1. The van der Waals surface area contributed by atoms with Crippen molar-refractivity contribution in [2.24, 2.45) is 0 Å². The average Bonchev–Trinajstić information content (AvgIpc) is 2.21. The van der Waals surface area contributed by atoms with E-state index in [1.165, 1.54) is 12.2 Å². The van der Waals surface area contributed by atoms with Gasteiger partial charge in [0.05, 0.1) is 17.4 Å². The van der Waals surface area contributed by atoms with Crippen LogP contribution >= 0.6 is 0 Å². The molecule has 3 N–H and O–H groups in total. The lowest BCUT2D eigenvalue weighted by molar-refractivity contribution is -0.384. The van der Waals surface area contributed by atoms with Gasteiger partial charge in [-0.1, -0.05) is 12.2 Å². The van der Waals surface area contributed by atoms with E-state index in [1.54, 1.807) is 0 Å². The summed E-state index contributed by atoms with van der Waals surface area (Å²) in [5.41, 5.74) is 4.81. The molecular weight excluding hydrogens is 231 g/mol. The smallest absolute Gasteiger partial charge is 0.307 e. The Morgan fingerprint density at radius 1 is 1.59 bits per heavy atom. The summed E-state index contributed by atoms with van der Waals surface area (Å²) >= 11 is 0. The van der Waals surface area contributed by atoms with Crippen molar-refractivity contribution in [1.82, 2.24) is 0 Å². The molecule has 1 aromatic carbocycles. The summed E-state index contributed by atoms with van der Waals surface area (Å²) in [5.74, 6) is -1.87. The molecule has 0 atom stereocenters. The van der Waals surface area contributed by atoms with Crippen LogP contribution in [0.4, 0.5) is 15.8 Å². The van der Waals surface area contributed by atoms with Gasteiger partial charge in [0, 0.05) is 5.56 Å². The topological polar surface area (TPSA) is 106 Å². The number of carboxylic acids is 1. The Bertz CT molecular complexity index is 499. The highest BCUT2D eigenvalue weighted by Gasteiger charge is 2.15. The first kappa shape index (κ1) is 12.6. The molecule has 1 rings (SSSR count). The number of nitrogen functional groups attached to an aromatic ring is 1. The van der Waals surface area contributed by atoms with Crippen molar-refractivity contribution >= 4 is 23.4 Å². The second-order valence-electron chi connectivity index (χ2n) is 3.19. The Morgan fingerprint density at radius 3 is 2.76 bits per heavy atom. The fourth-order valence-electron chi connectivity index (χ4n) is 1.20. The first-order chi connectivity index (χ1) is 7.91. The van der Waals surface area contributed by atoms with Crippen LogP contribution in [0.3, 0.4) is 0 Å². The van der Waals surface area contributed by atoms with Crippen LogP contribution in [0.25, 0.3) is 6.08 Å². The van der Waals surface area contributed by atoms with Crippen molar-refractivity contribution < 1.29 is 19.2 Å². The fourth-order valence-corrected chi connectivity index (χ4v) is 1.20. The molecule has 0 aromatic heterocycles. The fraction of sp³-hybridized carbons (Fsp3) is 0.100. The second-order valence-corrected chi connectivity index (χ2v) is 3.19. The molecule has 7 heteroatoms. The van der Waals surface area contributed by atoms with Crippen LogP contribution in [0.15, 0.2) is 18.2 Å². The van der Waals surface area contributed by atoms with Crippen LogP contribution in [-0.4, -0.2) is 16.0 Å². The third kappa shape index (κ3) is 3.26.